The Morgan fingerprint density at radius 1 is 1.40 bits per heavy atom. The van der Waals surface area contributed by atoms with Gasteiger partial charge < -0.3 is 14.7 Å². The molecule has 1 aromatic carbocycles. The van der Waals surface area contributed by atoms with E-state index in [9.17, 15) is 9.59 Å². The standard InChI is InChI=1S/C15H19NO4/c1-15(2,20-3)9-13(17)16-7-6-10-8-11(14(18)19)4-5-12(10)16/h4-5,8H,6-7,9H2,1-3H3,(H,18,19). The SMILES string of the molecule is COC(C)(C)CC(=O)N1CCc2cc(C(=O)O)ccc21. The van der Waals surface area contributed by atoms with Crippen LogP contribution >= 0.6 is 0 Å². The van der Waals surface area contributed by atoms with Crippen molar-refractivity contribution < 1.29 is 19.4 Å². The number of carboxylic acid groups (broad SMARTS) is 1. The van der Waals surface area contributed by atoms with Crippen LogP contribution in [0.5, 0.6) is 0 Å². The molecule has 1 aliphatic heterocycles. The monoisotopic (exact) mass is 277 g/mol. The summed E-state index contributed by atoms with van der Waals surface area (Å²) in [5.41, 5.74) is 1.48. The average Bonchev–Trinajstić information content (AvgIpc) is 2.81. The van der Waals surface area contributed by atoms with Gasteiger partial charge in [-0.1, -0.05) is 0 Å². The van der Waals surface area contributed by atoms with Crippen LogP contribution in [0.2, 0.25) is 0 Å². The first kappa shape index (κ1) is 14.5. The Balaban J connectivity index is 2.20. The molecule has 108 valence electrons. The summed E-state index contributed by atoms with van der Waals surface area (Å²) in [4.78, 5) is 25.0. The molecule has 0 atom stereocenters. The number of carbonyl (C=O) groups is 2. The van der Waals surface area contributed by atoms with Crippen molar-refractivity contribution in [2.24, 2.45) is 0 Å². The van der Waals surface area contributed by atoms with Crippen molar-refractivity contribution in [3.05, 3.63) is 29.3 Å². The van der Waals surface area contributed by atoms with Gasteiger partial charge in [0.2, 0.25) is 5.91 Å². The minimum atomic E-state index is -0.946. The molecule has 0 saturated heterocycles. The van der Waals surface area contributed by atoms with Crippen LogP contribution in [-0.4, -0.2) is 36.2 Å². The Bertz CT molecular complexity index is 551. The molecule has 5 nitrogen and oxygen atoms in total. The smallest absolute Gasteiger partial charge is 0.335 e. The van der Waals surface area contributed by atoms with Crippen LogP contribution in [0, 0.1) is 0 Å². The van der Waals surface area contributed by atoms with Gasteiger partial charge in [-0.05, 0) is 44.0 Å². The van der Waals surface area contributed by atoms with E-state index >= 15 is 0 Å². The lowest BCUT2D eigenvalue weighted by Crippen LogP contribution is -2.36. The number of ether oxygens (including phenoxy) is 1. The Morgan fingerprint density at radius 3 is 2.70 bits per heavy atom. The zero-order valence-corrected chi connectivity index (χ0v) is 12.0. The maximum absolute atomic E-state index is 12.3. The summed E-state index contributed by atoms with van der Waals surface area (Å²) in [5.74, 6) is -0.947. The molecule has 1 aliphatic rings. The summed E-state index contributed by atoms with van der Waals surface area (Å²) in [6.45, 7) is 4.34. The van der Waals surface area contributed by atoms with Crippen LogP contribution in [0.3, 0.4) is 0 Å². The van der Waals surface area contributed by atoms with Crippen molar-refractivity contribution in [3.63, 3.8) is 0 Å². The van der Waals surface area contributed by atoms with Crippen LogP contribution in [0.25, 0.3) is 0 Å². The van der Waals surface area contributed by atoms with Gasteiger partial charge in [-0.15, -0.1) is 0 Å². The summed E-state index contributed by atoms with van der Waals surface area (Å²) in [5, 5.41) is 8.98. The average molecular weight is 277 g/mol. The highest BCUT2D eigenvalue weighted by Crippen LogP contribution is 2.30. The molecule has 0 aromatic heterocycles. The number of methoxy groups -OCH3 is 1. The van der Waals surface area contributed by atoms with Crippen molar-refractivity contribution in [3.8, 4) is 0 Å². The lowest BCUT2D eigenvalue weighted by molar-refractivity contribution is -0.123. The number of fused-ring (bicyclic) bond motifs is 1. The van der Waals surface area contributed by atoms with Crippen molar-refractivity contribution in [1.82, 2.24) is 0 Å². The Labute approximate surface area is 118 Å². The number of nitrogens with zero attached hydrogens (tertiary/aromatic N) is 1. The van der Waals surface area contributed by atoms with E-state index in [4.69, 9.17) is 9.84 Å². The van der Waals surface area contributed by atoms with Crippen molar-refractivity contribution >= 4 is 17.6 Å². The number of anilines is 1. The topological polar surface area (TPSA) is 66.8 Å². The fourth-order valence-corrected chi connectivity index (χ4v) is 2.33. The highest BCUT2D eigenvalue weighted by atomic mass is 16.5. The minimum absolute atomic E-state index is 0.00123. The third-order valence-corrected chi connectivity index (χ3v) is 3.65. The predicted molar refractivity (Wildman–Crippen MR) is 75.2 cm³/mol. The maximum Gasteiger partial charge on any atom is 0.335 e. The van der Waals surface area contributed by atoms with Gasteiger partial charge in [-0.3, -0.25) is 4.79 Å². The van der Waals surface area contributed by atoms with E-state index in [1.807, 2.05) is 13.8 Å². The van der Waals surface area contributed by atoms with Gasteiger partial charge in [-0.25, -0.2) is 4.79 Å². The number of benzene rings is 1. The van der Waals surface area contributed by atoms with Gasteiger partial charge in [0.15, 0.2) is 0 Å². The first-order valence-corrected chi connectivity index (χ1v) is 6.56. The second kappa shape index (κ2) is 5.25. The van der Waals surface area contributed by atoms with Gasteiger partial charge in [0.1, 0.15) is 0 Å². The van der Waals surface area contributed by atoms with Crippen LogP contribution in [0.4, 0.5) is 5.69 Å². The Kier molecular flexibility index (Phi) is 3.81. The van der Waals surface area contributed by atoms with Crippen molar-refractivity contribution in [1.29, 1.82) is 0 Å². The summed E-state index contributed by atoms with van der Waals surface area (Å²) >= 11 is 0. The normalized spacial score (nSPS) is 14.2. The lowest BCUT2D eigenvalue weighted by atomic mass is 10.0. The van der Waals surface area contributed by atoms with E-state index in [0.29, 0.717) is 19.4 Å². The van der Waals surface area contributed by atoms with Gasteiger partial charge in [0, 0.05) is 19.3 Å². The first-order valence-electron chi connectivity index (χ1n) is 6.56. The first-order chi connectivity index (χ1) is 9.34. The van der Waals surface area contributed by atoms with E-state index in [-0.39, 0.29) is 11.5 Å². The van der Waals surface area contributed by atoms with Crippen LogP contribution in [0.15, 0.2) is 18.2 Å². The molecule has 0 aliphatic carbocycles. The number of hydrogen-bond acceptors (Lipinski definition) is 3. The summed E-state index contributed by atoms with van der Waals surface area (Å²) in [6, 6.07) is 4.89. The second-order valence-electron chi connectivity index (χ2n) is 5.58. The minimum Gasteiger partial charge on any atom is -0.478 e. The number of rotatable bonds is 4. The predicted octanol–water partition coefficient (Wildman–Crippen LogP) is 2.09. The van der Waals surface area contributed by atoms with Crippen LogP contribution < -0.4 is 4.90 Å². The van der Waals surface area contributed by atoms with Crippen LogP contribution in [-0.2, 0) is 16.0 Å². The molecular weight excluding hydrogens is 258 g/mol. The molecule has 20 heavy (non-hydrogen) atoms. The third kappa shape index (κ3) is 2.82. The van der Waals surface area contributed by atoms with E-state index < -0.39 is 11.6 Å². The summed E-state index contributed by atoms with van der Waals surface area (Å²) in [7, 11) is 1.59. The van der Waals surface area contributed by atoms with E-state index in [0.717, 1.165) is 11.3 Å². The molecule has 0 saturated carbocycles. The molecule has 2 rings (SSSR count). The molecule has 0 unspecified atom stereocenters. The Morgan fingerprint density at radius 2 is 2.10 bits per heavy atom. The third-order valence-electron chi connectivity index (χ3n) is 3.65. The molecule has 0 radical (unpaired) electrons. The van der Waals surface area contributed by atoms with E-state index in [1.165, 1.54) is 6.07 Å². The zero-order valence-electron chi connectivity index (χ0n) is 12.0. The summed E-state index contributed by atoms with van der Waals surface area (Å²) in [6.07, 6.45) is 0.985. The number of carbonyl (C=O) groups excluding carboxylic acids is 1. The highest BCUT2D eigenvalue weighted by molar-refractivity contribution is 5.97. The fourth-order valence-electron chi connectivity index (χ4n) is 2.33. The highest BCUT2D eigenvalue weighted by Gasteiger charge is 2.29. The zero-order chi connectivity index (χ0) is 14.9. The summed E-state index contributed by atoms with van der Waals surface area (Å²) < 4.78 is 5.28. The molecule has 5 heteroatoms. The van der Waals surface area contributed by atoms with Crippen molar-refractivity contribution in [2.45, 2.75) is 32.3 Å². The largest absolute Gasteiger partial charge is 0.478 e. The molecule has 0 bridgehead atoms. The van der Waals surface area contributed by atoms with Gasteiger partial charge in [0.25, 0.3) is 0 Å². The quantitative estimate of drug-likeness (QED) is 0.915. The van der Waals surface area contributed by atoms with E-state index in [1.54, 1.807) is 24.1 Å². The Hall–Kier alpha value is -1.88. The van der Waals surface area contributed by atoms with Gasteiger partial charge in [-0.2, -0.15) is 0 Å². The molecule has 1 N–H and O–H groups in total. The number of amides is 1. The van der Waals surface area contributed by atoms with Crippen molar-refractivity contribution in [2.75, 3.05) is 18.6 Å². The molecule has 0 fully saturated rings. The molecule has 1 aromatic rings. The molecule has 1 heterocycles. The molecule has 1 amide bonds. The number of hydrogen-bond donors (Lipinski definition) is 1. The number of carboxylic acids is 1. The lowest BCUT2D eigenvalue weighted by Gasteiger charge is -2.26. The van der Waals surface area contributed by atoms with Gasteiger partial charge >= 0.3 is 5.97 Å². The molecule has 0 spiro atoms. The van der Waals surface area contributed by atoms with Crippen LogP contribution in [0.1, 0.15) is 36.2 Å². The second-order valence-corrected chi connectivity index (χ2v) is 5.58. The maximum atomic E-state index is 12.3. The number of aromatic carboxylic acids is 1. The van der Waals surface area contributed by atoms with Gasteiger partial charge in [0.05, 0.1) is 17.6 Å². The molecular formula is C15H19NO4. The van der Waals surface area contributed by atoms with E-state index in [2.05, 4.69) is 0 Å². The fraction of sp³-hybridized carbons (Fsp3) is 0.467.